The first-order valence-electron chi connectivity index (χ1n) is 5.21. The molecular weight excluding hydrogens is 266 g/mol. The summed E-state index contributed by atoms with van der Waals surface area (Å²) in [7, 11) is 0. The number of carbonyl (C=O) groups is 1. The second-order valence-corrected chi connectivity index (χ2v) is 5.50. The minimum absolute atomic E-state index is 0.175. The molecule has 1 aromatic carbocycles. The highest BCUT2D eigenvalue weighted by atomic mass is 32.1. The zero-order valence-corrected chi connectivity index (χ0v) is 10.8. The molecule has 0 spiro atoms. The molecule has 0 unspecified atom stereocenters. The molecule has 0 aliphatic rings. The Bertz CT molecular complexity index is 717. The molecule has 3 aromatic rings. The second kappa shape index (κ2) is 4.40. The van der Waals surface area contributed by atoms with Crippen LogP contribution in [0.5, 0.6) is 0 Å². The quantitative estimate of drug-likeness (QED) is 0.754. The van der Waals surface area contributed by atoms with Crippen molar-refractivity contribution in [2.45, 2.75) is 0 Å². The highest BCUT2D eigenvalue weighted by Crippen LogP contribution is 2.24. The van der Waals surface area contributed by atoms with Gasteiger partial charge in [-0.3, -0.25) is 4.79 Å². The van der Waals surface area contributed by atoms with Gasteiger partial charge in [0.1, 0.15) is 4.88 Å². The summed E-state index contributed by atoms with van der Waals surface area (Å²) in [6.45, 7) is 0. The van der Waals surface area contributed by atoms with E-state index in [0.29, 0.717) is 10.6 Å². The zero-order valence-electron chi connectivity index (χ0n) is 9.21. The Hall–Kier alpha value is -1.92. The number of nitrogens with one attached hydrogen (secondary N) is 1. The molecule has 0 aliphatic heterocycles. The average Bonchev–Trinajstić information content (AvgIpc) is 2.96. The van der Waals surface area contributed by atoms with Crippen LogP contribution < -0.4 is 11.1 Å². The standard InChI is InChI=1S/C12H9N3OS2/c13-8-3-4-17-11(8)12(16)15-7-1-2-9-10(5-7)18-6-14-9/h1-6H,13H2,(H,15,16). The van der Waals surface area contributed by atoms with Gasteiger partial charge in [0, 0.05) is 5.69 Å². The van der Waals surface area contributed by atoms with Gasteiger partial charge >= 0.3 is 0 Å². The van der Waals surface area contributed by atoms with E-state index < -0.39 is 0 Å². The van der Waals surface area contributed by atoms with E-state index in [9.17, 15) is 4.79 Å². The fourth-order valence-corrected chi connectivity index (χ4v) is 3.05. The third-order valence-electron chi connectivity index (χ3n) is 2.49. The van der Waals surface area contributed by atoms with Gasteiger partial charge < -0.3 is 11.1 Å². The van der Waals surface area contributed by atoms with Crippen LogP contribution in [0, 0.1) is 0 Å². The number of nitrogens with zero attached hydrogens (tertiary/aromatic N) is 1. The third kappa shape index (κ3) is 1.96. The van der Waals surface area contributed by atoms with E-state index in [1.807, 2.05) is 18.2 Å². The molecule has 0 radical (unpaired) electrons. The van der Waals surface area contributed by atoms with Crippen molar-refractivity contribution in [3.05, 3.63) is 40.0 Å². The highest BCUT2D eigenvalue weighted by Gasteiger charge is 2.11. The molecule has 0 saturated carbocycles. The number of carbonyl (C=O) groups excluding carboxylic acids is 1. The summed E-state index contributed by atoms with van der Waals surface area (Å²) < 4.78 is 1.05. The van der Waals surface area contributed by atoms with Crippen molar-refractivity contribution in [1.82, 2.24) is 4.98 Å². The van der Waals surface area contributed by atoms with Gasteiger partial charge in [0.2, 0.25) is 0 Å². The summed E-state index contributed by atoms with van der Waals surface area (Å²) in [5.74, 6) is -0.175. The van der Waals surface area contributed by atoms with Crippen molar-refractivity contribution in [2.24, 2.45) is 0 Å². The Balaban J connectivity index is 1.88. The lowest BCUT2D eigenvalue weighted by molar-refractivity contribution is 0.103. The lowest BCUT2D eigenvalue weighted by Crippen LogP contribution is -2.11. The molecule has 0 aliphatic carbocycles. The maximum atomic E-state index is 12.0. The van der Waals surface area contributed by atoms with Crippen molar-refractivity contribution >= 4 is 50.2 Å². The van der Waals surface area contributed by atoms with Crippen molar-refractivity contribution < 1.29 is 4.79 Å². The maximum Gasteiger partial charge on any atom is 0.267 e. The smallest absolute Gasteiger partial charge is 0.267 e. The molecule has 1 amide bonds. The molecule has 3 N–H and O–H groups in total. The van der Waals surface area contributed by atoms with Gasteiger partial charge in [0.05, 0.1) is 21.4 Å². The number of amides is 1. The topological polar surface area (TPSA) is 68.0 Å². The number of benzene rings is 1. The number of anilines is 2. The number of fused-ring (bicyclic) bond motifs is 1. The van der Waals surface area contributed by atoms with Gasteiger partial charge in [0.15, 0.2) is 0 Å². The number of thiophene rings is 1. The maximum absolute atomic E-state index is 12.0. The van der Waals surface area contributed by atoms with Crippen molar-refractivity contribution in [1.29, 1.82) is 0 Å². The summed E-state index contributed by atoms with van der Waals surface area (Å²) in [6, 6.07) is 7.36. The monoisotopic (exact) mass is 275 g/mol. The summed E-state index contributed by atoms with van der Waals surface area (Å²) >= 11 is 2.88. The van der Waals surface area contributed by atoms with Gasteiger partial charge in [-0.2, -0.15) is 0 Å². The molecule has 2 heterocycles. The predicted molar refractivity (Wildman–Crippen MR) is 76.3 cm³/mol. The van der Waals surface area contributed by atoms with Crippen LogP contribution in [0.3, 0.4) is 0 Å². The number of hydrogen-bond acceptors (Lipinski definition) is 5. The van der Waals surface area contributed by atoms with E-state index in [1.165, 1.54) is 11.3 Å². The van der Waals surface area contributed by atoms with E-state index in [2.05, 4.69) is 10.3 Å². The molecule has 2 aromatic heterocycles. The van der Waals surface area contributed by atoms with Gasteiger partial charge in [-0.15, -0.1) is 22.7 Å². The summed E-state index contributed by atoms with van der Waals surface area (Å²) in [5.41, 5.74) is 9.70. The minimum Gasteiger partial charge on any atom is -0.397 e. The van der Waals surface area contributed by atoms with Crippen LogP contribution in [-0.4, -0.2) is 10.9 Å². The number of nitrogens with two attached hydrogens (primary N) is 1. The first-order chi connectivity index (χ1) is 8.74. The number of aromatic nitrogens is 1. The van der Waals surface area contributed by atoms with E-state index in [-0.39, 0.29) is 5.91 Å². The molecule has 6 heteroatoms. The molecule has 3 rings (SSSR count). The number of rotatable bonds is 2. The normalized spacial score (nSPS) is 10.7. The molecular formula is C12H9N3OS2. The minimum atomic E-state index is -0.175. The SMILES string of the molecule is Nc1ccsc1C(=O)Nc1ccc2ncsc2c1. The van der Waals surface area contributed by atoms with Crippen molar-refractivity contribution in [3.63, 3.8) is 0 Å². The molecule has 4 nitrogen and oxygen atoms in total. The number of nitrogen functional groups attached to an aromatic ring is 1. The largest absolute Gasteiger partial charge is 0.397 e. The van der Waals surface area contributed by atoms with E-state index in [0.717, 1.165) is 15.9 Å². The van der Waals surface area contributed by atoms with Crippen LogP contribution in [0.15, 0.2) is 35.2 Å². The lowest BCUT2D eigenvalue weighted by Gasteiger charge is -2.04. The predicted octanol–water partition coefficient (Wildman–Crippen LogP) is 3.19. The Morgan fingerprint density at radius 3 is 2.94 bits per heavy atom. The Morgan fingerprint density at radius 1 is 1.28 bits per heavy atom. The Labute approximate surface area is 111 Å². The van der Waals surface area contributed by atoms with Crippen LogP contribution >= 0.6 is 22.7 Å². The van der Waals surface area contributed by atoms with Gasteiger partial charge in [0.25, 0.3) is 5.91 Å². The zero-order chi connectivity index (χ0) is 12.5. The van der Waals surface area contributed by atoms with Crippen molar-refractivity contribution in [3.8, 4) is 0 Å². The Kier molecular flexibility index (Phi) is 2.73. The van der Waals surface area contributed by atoms with E-state index >= 15 is 0 Å². The summed E-state index contributed by atoms with van der Waals surface area (Å²) in [5, 5.41) is 4.64. The number of hydrogen-bond donors (Lipinski definition) is 2. The van der Waals surface area contributed by atoms with E-state index in [4.69, 9.17) is 5.73 Å². The van der Waals surface area contributed by atoms with Crippen LogP contribution in [0.1, 0.15) is 9.67 Å². The van der Waals surface area contributed by atoms with Crippen LogP contribution in [0.2, 0.25) is 0 Å². The highest BCUT2D eigenvalue weighted by molar-refractivity contribution is 7.16. The fraction of sp³-hybridized carbons (Fsp3) is 0. The van der Waals surface area contributed by atoms with Crippen LogP contribution in [0.4, 0.5) is 11.4 Å². The van der Waals surface area contributed by atoms with E-state index in [1.54, 1.807) is 28.3 Å². The molecule has 0 fully saturated rings. The van der Waals surface area contributed by atoms with Gasteiger partial charge in [-0.1, -0.05) is 0 Å². The third-order valence-corrected chi connectivity index (χ3v) is 4.21. The fourth-order valence-electron chi connectivity index (χ4n) is 1.62. The summed E-state index contributed by atoms with van der Waals surface area (Å²) in [6.07, 6.45) is 0. The molecule has 18 heavy (non-hydrogen) atoms. The van der Waals surface area contributed by atoms with Crippen molar-refractivity contribution in [2.75, 3.05) is 11.1 Å². The van der Waals surface area contributed by atoms with Crippen LogP contribution in [-0.2, 0) is 0 Å². The summed E-state index contributed by atoms with van der Waals surface area (Å²) in [4.78, 5) is 16.7. The first-order valence-corrected chi connectivity index (χ1v) is 6.97. The average molecular weight is 275 g/mol. The molecule has 0 atom stereocenters. The lowest BCUT2D eigenvalue weighted by atomic mass is 10.3. The molecule has 0 bridgehead atoms. The van der Waals surface area contributed by atoms with Crippen LogP contribution in [0.25, 0.3) is 10.2 Å². The molecule has 90 valence electrons. The Morgan fingerprint density at radius 2 is 2.17 bits per heavy atom. The molecule has 0 saturated heterocycles. The van der Waals surface area contributed by atoms with Gasteiger partial charge in [-0.05, 0) is 29.6 Å². The second-order valence-electron chi connectivity index (χ2n) is 3.69. The number of thiazole rings is 1. The first kappa shape index (κ1) is 11.2. The van der Waals surface area contributed by atoms with Gasteiger partial charge in [-0.25, -0.2) is 4.98 Å².